The molecule has 7 nitrogen and oxygen atoms in total. The first-order chi connectivity index (χ1) is 15.4. The van der Waals surface area contributed by atoms with E-state index in [1.165, 1.54) is 6.20 Å². The molecule has 2 aliphatic rings. The number of benzene rings is 1. The van der Waals surface area contributed by atoms with Gasteiger partial charge in [-0.1, -0.05) is 0 Å². The van der Waals surface area contributed by atoms with Gasteiger partial charge in [-0.2, -0.15) is 23.4 Å². The van der Waals surface area contributed by atoms with Crippen molar-refractivity contribution in [2.45, 2.75) is 44.7 Å². The Morgan fingerprint density at radius 1 is 1.06 bits per heavy atom. The number of H-pyrrole nitrogens is 2. The lowest BCUT2D eigenvalue weighted by Crippen LogP contribution is -2.14. The minimum atomic E-state index is -4.58. The number of aromatic amines is 2. The number of carbonyl (C=O) groups is 1. The van der Waals surface area contributed by atoms with Crippen LogP contribution in [0.4, 0.5) is 19.0 Å². The highest BCUT2D eigenvalue weighted by Crippen LogP contribution is 2.42. The molecule has 1 amide bonds. The van der Waals surface area contributed by atoms with Crippen LogP contribution >= 0.6 is 0 Å². The molecule has 0 radical (unpaired) electrons. The molecular formula is C22H19F3N6O. The molecule has 1 saturated carbocycles. The predicted molar refractivity (Wildman–Crippen MR) is 112 cm³/mol. The lowest BCUT2D eigenvalue weighted by molar-refractivity contribution is -0.140. The molecule has 0 spiro atoms. The van der Waals surface area contributed by atoms with Crippen LogP contribution in [0.3, 0.4) is 0 Å². The number of anilines is 1. The van der Waals surface area contributed by atoms with Gasteiger partial charge in [-0.25, -0.2) is 4.98 Å². The standard InChI is InChI=1S/C22H19F3N6O/c23-22(24,25)19-13(9-26-30-19)18-12-4-2-1-3-11(12)16-14(27-18)7-8-15-17(16)20(31-29-15)28-21(32)10-5-6-10/h7-10H,1-6H2,(H,26,30)(H2,28,29,31,32). The maximum Gasteiger partial charge on any atom is 0.435 e. The maximum absolute atomic E-state index is 13.6. The van der Waals surface area contributed by atoms with Gasteiger partial charge in [0.25, 0.3) is 0 Å². The van der Waals surface area contributed by atoms with Crippen molar-refractivity contribution >= 4 is 33.5 Å². The van der Waals surface area contributed by atoms with Gasteiger partial charge in [-0.15, -0.1) is 0 Å². The largest absolute Gasteiger partial charge is 0.435 e. The van der Waals surface area contributed by atoms with Crippen LogP contribution in [-0.2, 0) is 23.8 Å². The van der Waals surface area contributed by atoms with Gasteiger partial charge in [0, 0.05) is 17.5 Å². The van der Waals surface area contributed by atoms with Crippen LogP contribution in [0.25, 0.3) is 33.1 Å². The SMILES string of the molecule is O=C(Nc1n[nH]c2ccc3nc(-c4c[nH]nc4C(F)(F)F)c4c(c3c12)CCCC4)C1CC1. The van der Waals surface area contributed by atoms with Crippen molar-refractivity contribution in [3.63, 3.8) is 0 Å². The Balaban J connectivity index is 1.61. The molecule has 0 saturated heterocycles. The first-order valence-corrected chi connectivity index (χ1v) is 10.7. The Morgan fingerprint density at radius 2 is 1.84 bits per heavy atom. The quantitative estimate of drug-likeness (QED) is 0.428. The smallest absolute Gasteiger partial charge is 0.308 e. The van der Waals surface area contributed by atoms with Gasteiger partial charge in [0.2, 0.25) is 5.91 Å². The van der Waals surface area contributed by atoms with Crippen LogP contribution in [0.1, 0.15) is 42.5 Å². The molecule has 2 aliphatic carbocycles. The summed E-state index contributed by atoms with van der Waals surface area (Å²) in [6, 6.07) is 3.58. The fourth-order valence-corrected chi connectivity index (χ4v) is 4.70. The Morgan fingerprint density at radius 3 is 2.59 bits per heavy atom. The second kappa shape index (κ2) is 6.78. The van der Waals surface area contributed by atoms with E-state index in [9.17, 15) is 18.0 Å². The second-order valence-electron chi connectivity index (χ2n) is 8.49. The number of amides is 1. The van der Waals surface area contributed by atoms with Crippen LogP contribution in [0.5, 0.6) is 0 Å². The number of hydrogen-bond acceptors (Lipinski definition) is 4. The number of nitrogens with zero attached hydrogens (tertiary/aromatic N) is 3. The minimum absolute atomic E-state index is 0.0252. The zero-order chi connectivity index (χ0) is 22.0. The highest BCUT2D eigenvalue weighted by Gasteiger charge is 2.38. The zero-order valence-corrected chi connectivity index (χ0v) is 16.9. The summed E-state index contributed by atoms with van der Waals surface area (Å²) in [7, 11) is 0. The van der Waals surface area contributed by atoms with Crippen LogP contribution in [0.15, 0.2) is 18.3 Å². The lowest BCUT2D eigenvalue weighted by atomic mass is 9.85. The van der Waals surface area contributed by atoms with Crippen LogP contribution in [0, 0.1) is 5.92 Å². The van der Waals surface area contributed by atoms with Crippen molar-refractivity contribution < 1.29 is 18.0 Å². The van der Waals surface area contributed by atoms with Crippen molar-refractivity contribution in [1.82, 2.24) is 25.4 Å². The molecule has 1 fully saturated rings. The maximum atomic E-state index is 13.6. The fraction of sp³-hybridized carbons (Fsp3) is 0.364. The molecule has 0 atom stereocenters. The molecular weight excluding hydrogens is 421 g/mol. The molecule has 6 rings (SSSR count). The molecule has 0 unspecified atom stereocenters. The Kier molecular flexibility index (Phi) is 4.08. The lowest BCUT2D eigenvalue weighted by Gasteiger charge is -2.22. The highest BCUT2D eigenvalue weighted by atomic mass is 19.4. The Hall–Kier alpha value is -3.43. The van der Waals surface area contributed by atoms with E-state index in [1.807, 2.05) is 0 Å². The van der Waals surface area contributed by atoms with Gasteiger partial charge < -0.3 is 5.32 Å². The Bertz CT molecular complexity index is 1380. The van der Waals surface area contributed by atoms with Crippen LogP contribution in [0.2, 0.25) is 0 Å². The highest BCUT2D eigenvalue weighted by molar-refractivity contribution is 6.15. The number of nitrogens with one attached hydrogen (secondary N) is 3. The first kappa shape index (κ1) is 19.3. The number of pyridine rings is 1. The van der Waals surface area contributed by atoms with Crippen molar-refractivity contribution in [1.29, 1.82) is 0 Å². The first-order valence-electron chi connectivity index (χ1n) is 10.7. The number of hydrogen-bond donors (Lipinski definition) is 3. The second-order valence-corrected chi connectivity index (χ2v) is 8.49. The summed E-state index contributed by atoms with van der Waals surface area (Å²) in [5, 5.41) is 17.6. The van der Waals surface area contributed by atoms with E-state index in [0.29, 0.717) is 23.4 Å². The van der Waals surface area contributed by atoms with Crippen molar-refractivity contribution in [3.05, 3.63) is 35.2 Å². The van der Waals surface area contributed by atoms with Gasteiger partial charge in [0.05, 0.1) is 27.7 Å². The monoisotopic (exact) mass is 440 g/mol. The topological polar surface area (TPSA) is 99.4 Å². The predicted octanol–water partition coefficient (Wildman–Crippen LogP) is 4.75. The number of aromatic nitrogens is 5. The van der Waals surface area contributed by atoms with Crippen molar-refractivity contribution in [2.24, 2.45) is 5.92 Å². The fourth-order valence-electron chi connectivity index (χ4n) is 4.70. The summed E-state index contributed by atoms with van der Waals surface area (Å²) in [5.41, 5.74) is 2.44. The van der Waals surface area contributed by atoms with Gasteiger partial charge in [0.1, 0.15) is 0 Å². The zero-order valence-electron chi connectivity index (χ0n) is 16.9. The van der Waals surface area contributed by atoms with E-state index in [4.69, 9.17) is 0 Å². The van der Waals surface area contributed by atoms with Gasteiger partial charge >= 0.3 is 6.18 Å². The van der Waals surface area contributed by atoms with Gasteiger partial charge in [0.15, 0.2) is 11.5 Å². The van der Waals surface area contributed by atoms with E-state index < -0.39 is 11.9 Å². The van der Waals surface area contributed by atoms with E-state index in [1.54, 1.807) is 12.1 Å². The Labute approximate surface area is 179 Å². The van der Waals surface area contributed by atoms with Gasteiger partial charge in [-0.05, 0) is 61.8 Å². The molecule has 4 aromatic rings. The van der Waals surface area contributed by atoms with E-state index in [0.717, 1.165) is 59.5 Å². The molecule has 0 bridgehead atoms. The van der Waals surface area contributed by atoms with E-state index >= 15 is 0 Å². The molecule has 1 aromatic carbocycles. The molecule has 3 heterocycles. The number of carbonyl (C=O) groups excluding carboxylic acids is 1. The third-order valence-corrected chi connectivity index (χ3v) is 6.35. The average Bonchev–Trinajstić information content (AvgIpc) is 3.36. The summed E-state index contributed by atoms with van der Waals surface area (Å²) in [5.74, 6) is 0.420. The molecule has 3 aromatic heterocycles. The average molecular weight is 440 g/mol. The third-order valence-electron chi connectivity index (χ3n) is 6.35. The number of alkyl halides is 3. The van der Waals surface area contributed by atoms with Gasteiger partial charge in [-0.3, -0.25) is 15.0 Å². The summed E-state index contributed by atoms with van der Waals surface area (Å²) in [6.45, 7) is 0. The summed E-state index contributed by atoms with van der Waals surface area (Å²) < 4.78 is 40.7. The van der Waals surface area contributed by atoms with Crippen LogP contribution in [-0.4, -0.2) is 31.3 Å². The summed E-state index contributed by atoms with van der Waals surface area (Å²) >= 11 is 0. The number of rotatable bonds is 3. The number of halogens is 3. The van der Waals surface area contributed by atoms with Crippen LogP contribution < -0.4 is 5.32 Å². The molecule has 164 valence electrons. The van der Waals surface area contributed by atoms with Crippen molar-refractivity contribution in [3.8, 4) is 11.3 Å². The van der Waals surface area contributed by atoms with Crippen molar-refractivity contribution in [2.75, 3.05) is 5.32 Å². The number of fused-ring (bicyclic) bond motifs is 5. The summed E-state index contributed by atoms with van der Waals surface area (Å²) in [4.78, 5) is 17.1. The van der Waals surface area contributed by atoms with E-state index in [-0.39, 0.29) is 17.4 Å². The molecule has 10 heteroatoms. The molecule has 0 aliphatic heterocycles. The minimum Gasteiger partial charge on any atom is -0.308 e. The normalized spacial score (nSPS) is 16.5. The third kappa shape index (κ3) is 2.96. The molecule has 32 heavy (non-hydrogen) atoms. The van der Waals surface area contributed by atoms with E-state index in [2.05, 4.69) is 30.7 Å². The number of aryl methyl sites for hydroxylation is 1. The summed E-state index contributed by atoms with van der Waals surface area (Å²) in [6.07, 6.45) is 1.60. The molecule has 3 N–H and O–H groups in total.